The fourth-order valence-corrected chi connectivity index (χ4v) is 1.81. The molecular formula is C9H12N2O4S. The first-order valence-electron chi connectivity index (χ1n) is 4.63. The molecule has 6 nitrogen and oxygen atoms in total. The first-order chi connectivity index (χ1) is 7.63. The zero-order valence-corrected chi connectivity index (χ0v) is 9.58. The molecule has 0 radical (unpaired) electrons. The van der Waals surface area contributed by atoms with Crippen molar-refractivity contribution in [1.82, 2.24) is 5.32 Å². The SMILES string of the molecule is COC(=O)CCNCc1csc([N+](=O)[O-])c1. The Balaban J connectivity index is 2.27. The molecule has 88 valence electrons. The molecule has 0 bridgehead atoms. The van der Waals surface area contributed by atoms with E-state index in [9.17, 15) is 14.9 Å². The van der Waals surface area contributed by atoms with E-state index in [1.807, 2.05) is 0 Å². The zero-order chi connectivity index (χ0) is 12.0. The molecule has 1 N–H and O–H groups in total. The van der Waals surface area contributed by atoms with E-state index in [4.69, 9.17) is 0 Å². The average molecular weight is 244 g/mol. The topological polar surface area (TPSA) is 81.5 Å². The minimum absolute atomic E-state index is 0.129. The lowest BCUT2D eigenvalue weighted by atomic mass is 10.3. The molecule has 1 aromatic heterocycles. The summed E-state index contributed by atoms with van der Waals surface area (Å²) in [4.78, 5) is 20.8. The third-order valence-corrected chi connectivity index (χ3v) is 2.81. The normalized spacial score (nSPS) is 10.1. The van der Waals surface area contributed by atoms with E-state index in [1.54, 1.807) is 5.38 Å². The number of hydrogen-bond acceptors (Lipinski definition) is 6. The van der Waals surface area contributed by atoms with Crippen LogP contribution in [0.4, 0.5) is 5.00 Å². The predicted octanol–water partition coefficient (Wildman–Crippen LogP) is 1.31. The lowest BCUT2D eigenvalue weighted by Crippen LogP contribution is -2.18. The molecule has 1 aromatic rings. The fraction of sp³-hybridized carbons (Fsp3) is 0.444. The molecule has 7 heteroatoms. The molecule has 0 unspecified atom stereocenters. The number of nitrogens with zero attached hydrogens (tertiary/aromatic N) is 1. The highest BCUT2D eigenvalue weighted by atomic mass is 32.1. The van der Waals surface area contributed by atoms with Crippen LogP contribution >= 0.6 is 11.3 Å². The van der Waals surface area contributed by atoms with Gasteiger partial charge in [0.05, 0.1) is 18.5 Å². The Morgan fingerprint density at radius 2 is 2.44 bits per heavy atom. The number of nitro groups is 1. The van der Waals surface area contributed by atoms with Crippen molar-refractivity contribution in [2.45, 2.75) is 13.0 Å². The largest absolute Gasteiger partial charge is 0.469 e. The highest BCUT2D eigenvalue weighted by Gasteiger charge is 2.09. The Labute approximate surface area is 96.4 Å². The Hall–Kier alpha value is -1.47. The fourth-order valence-electron chi connectivity index (χ4n) is 1.08. The maximum atomic E-state index is 10.8. The molecule has 0 atom stereocenters. The van der Waals surface area contributed by atoms with E-state index in [1.165, 1.54) is 13.2 Å². The van der Waals surface area contributed by atoms with E-state index in [-0.39, 0.29) is 11.0 Å². The first kappa shape index (κ1) is 12.6. The van der Waals surface area contributed by atoms with Crippen molar-refractivity contribution in [3.8, 4) is 0 Å². The monoisotopic (exact) mass is 244 g/mol. The Morgan fingerprint density at radius 3 is 3.00 bits per heavy atom. The van der Waals surface area contributed by atoms with Crippen LogP contribution in [0.2, 0.25) is 0 Å². The van der Waals surface area contributed by atoms with Gasteiger partial charge in [-0.2, -0.15) is 0 Å². The number of thiophene rings is 1. The van der Waals surface area contributed by atoms with E-state index in [0.717, 1.165) is 16.9 Å². The Kier molecular flexibility index (Phi) is 4.87. The summed E-state index contributed by atoms with van der Waals surface area (Å²) < 4.78 is 4.47. The number of ether oxygens (including phenoxy) is 1. The van der Waals surface area contributed by atoms with Crippen LogP contribution in [-0.4, -0.2) is 24.5 Å². The molecule has 0 aliphatic rings. The molecule has 0 fully saturated rings. The minimum Gasteiger partial charge on any atom is -0.469 e. The van der Waals surface area contributed by atoms with Gasteiger partial charge in [0.1, 0.15) is 0 Å². The van der Waals surface area contributed by atoms with E-state index < -0.39 is 4.92 Å². The summed E-state index contributed by atoms with van der Waals surface area (Å²) in [6.07, 6.45) is 0.294. The molecule has 0 saturated heterocycles. The van der Waals surface area contributed by atoms with Crippen LogP contribution in [0, 0.1) is 10.1 Å². The molecule has 0 aliphatic heterocycles. The summed E-state index contributed by atoms with van der Waals surface area (Å²) >= 11 is 1.10. The van der Waals surface area contributed by atoms with Crippen LogP contribution in [0.15, 0.2) is 11.4 Å². The predicted molar refractivity (Wildman–Crippen MR) is 59.3 cm³/mol. The standard InChI is InChI=1S/C9H12N2O4S/c1-15-9(12)2-3-10-5-7-4-8(11(13)14)16-6-7/h4,6,10H,2-3,5H2,1H3. The smallest absolute Gasteiger partial charge is 0.324 e. The van der Waals surface area contributed by atoms with Gasteiger partial charge in [-0.05, 0) is 5.56 Å². The van der Waals surface area contributed by atoms with Crippen molar-refractivity contribution < 1.29 is 14.5 Å². The van der Waals surface area contributed by atoms with Crippen LogP contribution in [-0.2, 0) is 16.1 Å². The van der Waals surface area contributed by atoms with Gasteiger partial charge < -0.3 is 10.1 Å². The van der Waals surface area contributed by atoms with Gasteiger partial charge >= 0.3 is 11.0 Å². The number of carbonyl (C=O) groups excluding carboxylic acids is 1. The summed E-state index contributed by atoms with van der Waals surface area (Å²) in [6.45, 7) is 1.01. The lowest BCUT2D eigenvalue weighted by Gasteiger charge is -2.01. The van der Waals surface area contributed by atoms with E-state index >= 15 is 0 Å². The number of nitrogens with one attached hydrogen (secondary N) is 1. The van der Waals surface area contributed by atoms with Crippen molar-refractivity contribution in [1.29, 1.82) is 0 Å². The van der Waals surface area contributed by atoms with Gasteiger partial charge in [0.2, 0.25) is 0 Å². The average Bonchev–Trinajstić information content (AvgIpc) is 2.72. The maximum Gasteiger partial charge on any atom is 0.324 e. The first-order valence-corrected chi connectivity index (χ1v) is 5.50. The third-order valence-electron chi connectivity index (χ3n) is 1.88. The number of hydrogen-bond donors (Lipinski definition) is 1. The second-order valence-corrected chi connectivity index (χ2v) is 3.94. The van der Waals surface area contributed by atoms with Crippen molar-refractivity contribution >= 4 is 22.3 Å². The third kappa shape index (κ3) is 3.95. The van der Waals surface area contributed by atoms with Gasteiger partial charge in [0.25, 0.3) is 0 Å². The molecule has 1 heterocycles. The Morgan fingerprint density at radius 1 is 1.69 bits per heavy atom. The van der Waals surface area contributed by atoms with Crippen molar-refractivity contribution in [2.24, 2.45) is 0 Å². The zero-order valence-electron chi connectivity index (χ0n) is 8.76. The number of esters is 1. The lowest BCUT2D eigenvalue weighted by molar-refractivity contribution is -0.380. The van der Waals surface area contributed by atoms with Crippen molar-refractivity contribution in [3.63, 3.8) is 0 Å². The van der Waals surface area contributed by atoms with Gasteiger partial charge in [0.15, 0.2) is 0 Å². The molecule has 0 amide bonds. The molecule has 0 aliphatic carbocycles. The van der Waals surface area contributed by atoms with Crippen LogP contribution in [0.5, 0.6) is 0 Å². The van der Waals surface area contributed by atoms with E-state index in [0.29, 0.717) is 19.5 Å². The molecule has 0 saturated carbocycles. The van der Waals surface area contributed by atoms with Crippen LogP contribution < -0.4 is 5.32 Å². The van der Waals surface area contributed by atoms with Crippen LogP contribution in [0.3, 0.4) is 0 Å². The summed E-state index contributed by atoms with van der Waals surface area (Å²) in [5, 5.41) is 15.3. The molecule has 16 heavy (non-hydrogen) atoms. The van der Waals surface area contributed by atoms with Gasteiger partial charge in [0, 0.05) is 24.5 Å². The molecule has 0 aromatic carbocycles. The highest BCUT2D eigenvalue weighted by molar-refractivity contribution is 7.13. The number of carbonyl (C=O) groups is 1. The van der Waals surface area contributed by atoms with Crippen LogP contribution in [0.25, 0.3) is 0 Å². The summed E-state index contributed by atoms with van der Waals surface area (Å²) in [7, 11) is 1.34. The quantitative estimate of drug-likeness (QED) is 0.353. The van der Waals surface area contributed by atoms with Crippen molar-refractivity contribution in [3.05, 3.63) is 27.1 Å². The summed E-state index contributed by atoms with van der Waals surface area (Å²) in [6, 6.07) is 1.52. The molecular weight excluding hydrogens is 232 g/mol. The molecule has 1 rings (SSSR count). The van der Waals surface area contributed by atoms with Crippen molar-refractivity contribution in [2.75, 3.05) is 13.7 Å². The molecule has 0 spiro atoms. The van der Waals surface area contributed by atoms with Gasteiger partial charge in [-0.25, -0.2) is 0 Å². The Bertz CT molecular complexity index is 377. The highest BCUT2D eigenvalue weighted by Crippen LogP contribution is 2.22. The van der Waals surface area contributed by atoms with Gasteiger partial charge in [-0.1, -0.05) is 11.3 Å². The van der Waals surface area contributed by atoms with Crippen LogP contribution in [0.1, 0.15) is 12.0 Å². The second-order valence-electron chi connectivity index (χ2n) is 3.05. The summed E-state index contributed by atoms with van der Waals surface area (Å²) in [5.74, 6) is -0.274. The van der Waals surface area contributed by atoms with Gasteiger partial charge in [-0.15, -0.1) is 0 Å². The second kappa shape index (κ2) is 6.19. The number of methoxy groups -OCH3 is 1. The van der Waals surface area contributed by atoms with E-state index in [2.05, 4.69) is 10.1 Å². The number of rotatable bonds is 6. The maximum absolute atomic E-state index is 10.8. The minimum atomic E-state index is -0.414. The van der Waals surface area contributed by atoms with Gasteiger partial charge in [-0.3, -0.25) is 14.9 Å². The summed E-state index contributed by atoms with van der Waals surface area (Å²) in [5.41, 5.74) is 0.849.